The average Bonchev–Trinajstić information content (AvgIpc) is 3.06. The predicted molar refractivity (Wildman–Crippen MR) is 108 cm³/mol. The van der Waals surface area contributed by atoms with Gasteiger partial charge in [-0.25, -0.2) is 0 Å². The number of H-pyrrole nitrogens is 1. The highest BCUT2D eigenvalue weighted by Crippen LogP contribution is 2.39. The van der Waals surface area contributed by atoms with Gasteiger partial charge in [-0.1, -0.05) is 25.1 Å². The molecule has 0 spiro atoms. The molecule has 26 heavy (non-hydrogen) atoms. The molecule has 0 radical (unpaired) electrons. The third-order valence-electron chi connectivity index (χ3n) is 4.97. The van der Waals surface area contributed by atoms with Gasteiger partial charge in [0.2, 0.25) is 0 Å². The van der Waals surface area contributed by atoms with E-state index in [1.807, 2.05) is 12.1 Å². The summed E-state index contributed by atoms with van der Waals surface area (Å²) in [5.41, 5.74) is 11.8. The van der Waals surface area contributed by atoms with Gasteiger partial charge in [-0.3, -0.25) is 0 Å². The monoisotopic (exact) mass is 352 g/mol. The first-order valence-electron chi connectivity index (χ1n) is 9.28. The van der Waals surface area contributed by atoms with Gasteiger partial charge in [0.15, 0.2) is 0 Å². The Balaban J connectivity index is 2.19. The lowest BCUT2D eigenvalue weighted by Crippen LogP contribution is -1.99. The molecule has 3 N–H and O–H groups in total. The lowest BCUT2D eigenvalue weighted by molar-refractivity contribution is 0.395. The SMILES string of the molecule is CCc1cccc2c(CCCCN)c(-c3ccc(OC)cc3OC)[nH]c12. The Morgan fingerprint density at radius 2 is 1.88 bits per heavy atom. The van der Waals surface area contributed by atoms with Crippen LogP contribution in [0.25, 0.3) is 22.2 Å². The van der Waals surface area contributed by atoms with Gasteiger partial charge < -0.3 is 20.2 Å². The summed E-state index contributed by atoms with van der Waals surface area (Å²) >= 11 is 0. The van der Waals surface area contributed by atoms with Crippen molar-refractivity contribution in [3.63, 3.8) is 0 Å². The molecule has 2 aromatic carbocycles. The smallest absolute Gasteiger partial charge is 0.131 e. The number of aromatic nitrogens is 1. The second kappa shape index (κ2) is 8.28. The van der Waals surface area contributed by atoms with E-state index < -0.39 is 0 Å². The number of aromatic amines is 1. The van der Waals surface area contributed by atoms with Crippen molar-refractivity contribution in [3.05, 3.63) is 47.5 Å². The van der Waals surface area contributed by atoms with Gasteiger partial charge in [-0.05, 0) is 55.5 Å². The van der Waals surface area contributed by atoms with Crippen molar-refractivity contribution in [2.75, 3.05) is 20.8 Å². The van der Waals surface area contributed by atoms with Crippen LogP contribution in [0.2, 0.25) is 0 Å². The van der Waals surface area contributed by atoms with Crippen LogP contribution in [-0.2, 0) is 12.8 Å². The Bertz CT molecular complexity index is 883. The lowest BCUT2D eigenvalue weighted by atomic mass is 9.98. The van der Waals surface area contributed by atoms with E-state index in [4.69, 9.17) is 15.2 Å². The Hall–Kier alpha value is -2.46. The molecule has 0 unspecified atom stereocenters. The molecule has 4 heteroatoms. The molecular formula is C22H28N2O2. The number of hydrogen-bond donors (Lipinski definition) is 2. The highest BCUT2D eigenvalue weighted by atomic mass is 16.5. The number of rotatable bonds is 8. The maximum Gasteiger partial charge on any atom is 0.131 e. The van der Waals surface area contributed by atoms with Crippen molar-refractivity contribution in [2.45, 2.75) is 32.6 Å². The summed E-state index contributed by atoms with van der Waals surface area (Å²) in [6.07, 6.45) is 4.10. The maximum atomic E-state index is 5.71. The van der Waals surface area contributed by atoms with Crippen LogP contribution in [-0.4, -0.2) is 25.7 Å². The minimum absolute atomic E-state index is 0.726. The number of nitrogens with one attached hydrogen (secondary N) is 1. The van der Waals surface area contributed by atoms with Gasteiger partial charge in [0.1, 0.15) is 11.5 Å². The van der Waals surface area contributed by atoms with E-state index in [0.717, 1.165) is 55.0 Å². The minimum atomic E-state index is 0.726. The first kappa shape index (κ1) is 18.3. The fraction of sp³-hybridized carbons (Fsp3) is 0.364. The number of benzene rings is 2. The van der Waals surface area contributed by atoms with Gasteiger partial charge >= 0.3 is 0 Å². The summed E-state index contributed by atoms with van der Waals surface area (Å²) in [6.45, 7) is 2.92. The molecule has 1 aromatic heterocycles. The fourth-order valence-corrected chi connectivity index (χ4v) is 3.57. The Labute approximate surface area is 155 Å². The summed E-state index contributed by atoms with van der Waals surface area (Å²) in [7, 11) is 3.37. The molecule has 0 amide bonds. The van der Waals surface area contributed by atoms with Crippen LogP contribution in [0.3, 0.4) is 0 Å². The zero-order valence-electron chi connectivity index (χ0n) is 15.9. The molecule has 0 aliphatic heterocycles. The molecule has 1 heterocycles. The summed E-state index contributed by atoms with van der Waals surface area (Å²) in [4.78, 5) is 3.69. The van der Waals surface area contributed by atoms with E-state index in [-0.39, 0.29) is 0 Å². The highest BCUT2D eigenvalue weighted by Gasteiger charge is 2.18. The standard InChI is InChI=1S/C22H28N2O2/c1-4-15-8-7-10-17-18(9-5-6-13-23)22(24-21(15)17)19-12-11-16(25-2)14-20(19)26-3/h7-8,10-12,14,24H,4-6,9,13,23H2,1-3H3. The topological polar surface area (TPSA) is 60.3 Å². The third kappa shape index (κ3) is 3.42. The van der Waals surface area contributed by atoms with Crippen LogP contribution in [0, 0.1) is 0 Å². The van der Waals surface area contributed by atoms with E-state index in [2.05, 4.69) is 36.2 Å². The molecule has 3 rings (SSSR count). The molecule has 0 bridgehead atoms. The van der Waals surface area contributed by atoms with Crippen LogP contribution >= 0.6 is 0 Å². The van der Waals surface area contributed by atoms with Gasteiger partial charge in [-0.2, -0.15) is 0 Å². The Kier molecular flexibility index (Phi) is 5.84. The number of para-hydroxylation sites is 1. The molecular weight excluding hydrogens is 324 g/mol. The number of hydrogen-bond acceptors (Lipinski definition) is 3. The first-order valence-corrected chi connectivity index (χ1v) is 9.28. The molecule has 0 fully saturated rings. The molecule has 4 nitrogen and oxygen atoms in total. The Morgan fingerprint density at radius 1 is 1.04 bits per heavy atom. The van der Waals surface area contributed by atoms with E-state index in [0.29, 0.717) is 0 Å². The normalized spacial score (nSPS) is 11.1. The van der Waals surface area contributed by atoms with Crippen molar-refractivity contribution < 1.29 is 9.47 Å². The highest BCUT2D eigenvalue weighted by molar-refractivity contribution is 5.93. The van der Waals surface area contributed by atoms with Crippen LogP contribution < -0.4 is 15.2 Å². The predicted octanol–water partition coefficient (Wildman–Crippen LogP) is 4.70. The minimum Gasteiger partial charge on any atom is -0.497 e. The van der Waals surface area contributed by atoms with E-state index in [9.17, 15) is 0 Å². The maximum absolute atomic E-state index is 5.71. The second-order valence-electron chi connectivity index (χ2n) is 6.48. The van der Waals surface area contributed by atoms with Crippen molar-refractivity contribution >= 4 is 10.9 Å². The molecule has 0 saturated carbocycles. The van der Waals surface area contributed by atoms with Crippen molar-refractivity contribution in [1.29, 1.82) is 0 Å². The largest absolute Gasteiger partial charge is 0.497 e. The van der Waals surface area contributed by atoms with Crippen molar-refractivity contribution in [1.82, 2.24) is 4.98 Å². The van der Waals surface area contributed by atoms with Crippen LogP contribution in [0.1, 0.15) is 30.9 Å². The van der Waals surface area contributed by atoms with E-state index >= 15 is 0 Å². The molecule has 0 aliphatic carbocycles. The zero-order valence-corrected chi connectivity index (χ0v) is 15.9. The number of ether oxygens (including phenoxy) is 2. The van der Waals surface area contributed by atoms with Gasteiger partial charge in [0.25, 0.3) is 0 Å². The number of nitrogens with two attached hydrogens (primary N) is 1. The van der Waals surface area contributed by atoms with Crippen LogP contribution in [0.15, 0.2) is 36.4 Å². The number of methoxy groups -OCH3 is 2. The fourth-order valence-electron chi connectivity index (χ4n) is 3.57. The quantitative estimate of drug-likeness (QED) is 0.578. The summed E-state index contributed by atoms with van der Waals surface area (Å²) in [5.74, 6) is 1.61. The van der Waals surface area contributed by atoms with Crippen LogP contribution in [0.4, 0.5) is 0 Å². The van der Waals surface area contributed by atoms with Crippen molar-refractivity contribution in [3.8, 4) is 22.8 Å². The molecule has 3 aromatic rings. The molecule has 0 saturated heterocycles. The summed E-state index contributed by atoms with van der Waals surface area (Å²) < 4.78 is 11.0. The van der Waals surface area contributed by atoms with E-state index in [1.54, 1.807) is 14.2 Å². The lowest BCUT2D eigenvalue weighted by Gasteiger charge is -2.11. The number of aryl methyl sites for hydroxylation is 2. The second-order valence-corrected chi connectivity index (χ2v) is 6.48. The zero-order chi connectivity index (χ0) is 18.5. The van der Waals surface area contributed by atoms with Gasteiger partial charge in [-0.15, -0.1) is 0 Å². The summed E-state index contributed by atoms with van der Waals surface area (Å²) in [5, 5.41) is 1.30. The van der Waals surface area contributed by atoms with Crippen LogP contribution in [0.5, 0.6) is 11.5 Å². The average molecular weight is 352 g/mol. The molecule has 0 atom stereocenters. The summed E-state index contributed by atoms with van der Waals surface area (Å²) in [6, 6.07) is 12.5. The van der Waals surface area contributed by atoms with Gasteiger partial charge in [0, 0.05) is 22.5 Å². The molecule has 138 valence electrons. The van der Waals surface area contributed by atoms with Crippen molar-refractivity contribution in [2.24, 2.45) is 5.73 Å². The van der Waals surface area contributed by atoms with E-state index in [1.165, 1.54) is 22.0 Å². The number of unbranched alkanes of at least 4 members (excludes halogenated alkanes) is 1. The first-order chi connectivity index (χ1) is 12.7. The number of fused-ring (bicyclic) bond motifs is 1. The molecule has 0 aliphatic rings. The third-order valence-corrected chi connectivity index (χ3v) is 4.97. The van der Waals surface area contributed by atoms with Gasteiger partial charge in [0.05, 0.1) is 19.9 Å². The Morgan fingerprint density at radius 3 is 2.58 bits per heavy atom.